The highest BCUT2D eigenvalue weighted by atomic mass is 32.2. The van der Waals surface area contributed by atoms with E-state index in [9.17, 15) is 114 Å². The third-order valence-corrected chi connectivity index (χ3v) is 7.76. The molecule has 47 heavy (non-hydrogen) atoms. The molecule has 0 heterocycles. The van der Waals surface area contributed by atoms with Crippen molar-refractivity contribution in [1.29, 1.82) is 0 Å². The number of quaternary nitrogens is 1. The van der Waals surface area contributed by atoms with Gasteiger partial charge >= 0.3 is 64.7 Å². The Balaban J connectivity index is 0. The summed E-state index contributed by atoms with van der Waals surface area (Å²) >= 11 is 0. The number of nitrogens with zero attached hydrogens (tertiary/aromatic N) is 1. The van der Waals surface area contributed by atoms with E-state index in [1.807, 2.05) is 0 Å². The van der Waals surface area contributed by atoms with Gasteiger partial charge in [-0.25, -0.2) is 8.42 Å². The molecule has 4 nitrogen and oxygen atoms in total. The maximum atomic E-state index is 13.4. The summed E-state index contributed by atoms with van der Waals surface area (Å²) in [5.41, 5.74) is 0. The van der Waals surface area contributed by atoms with E-state index in [1.54, 1.807) is 0 Å². The first-order chi connectivity index (χ1) is 20.0. The molecule has 0 aliphatic carbocycles. The Morgan fingerprint density at radius 3 is 0.681 bits per heavy atom. The zero-order chi connectivity index (χ0) is 39.3. The first-order valence-electron chi connectivity index (χ1n) is 11.6. The highest BCUT2D eigenvalue weighted by molar-refractivity contribution is 7.86. The van der Waals surface area contributed by atoms with Gasteiger partial charge in [0.05, 0.1) is 26.2 Å². The summed E-state index contributed by atoms with van der Waals surface area (Å²) in [7, 11) is -8.42. The molecular weight excluding hydrogens is 759 g/mol. The quantitative estimate of drug-likeness (QED) is 0.101. The van der Waals surface area contributed by atoms with E-state index in [1.165, 1.54) is 30.7 Å². The molecule has 0 spiro atoms. The van der Waals surface area contributed by atoms with Gasteiger partial charge in [-0.1, -0.05) is 0 Å². The summed E-state index contributed by atoms with van der Waals surface area (Å²) in [6, 6.07) is 0. The van der Waals surface area contributed by atoms with Crippen molar-refractivity contribution in [3.8, 4) is 0 Å². The van der Waals surface area contributed by atoms with Gasteiger partial charge < -0.3 is 9.04 Å². The van der Waals surface area contributed by atoms with Crippen molar-refractivity contribution in [3.63, 3.8) is 0 Å². The van der Waals surface area contributed by atoms with Gasteiger partial charge in [0.2, 0.25) is 0 Å². The number of rotatable bonds is 14. The monoisotopic (exact) mass is 779 g/mol. The lowest BCUT2D eigenvalue weighted by molar-refractivity contribution is -0.921. The SMILES string of the molecule is CC[N+](CC)(CC)CC.O=S(=O)([O-])C(F)(F)C(F)(F)C(F)(F)C(F)(F)C(F)(F)C(F)(F)C(F)(F)C(F)(F)C(F)(F)C(F)(F)C(F)(F)F. The van der Waals surface area contributed by atoms with Crippen LogP contribution in [-0.2, 0) is 10.1 Å². The van der Waals surface area contributed by atoms with Crippen LogP contribution in [0.1, 0.15) is 27.7 Å². The molecule has 0 unspecified atom stereocenters. The number of hydrogen-bond donors (Lipinski definition) is 0. The van der Waals surface area contributed by atoms with Crippen molar-refractivity contribution >= 4 is 10.1 Å². The van der Waals surface area contributed by atoms with Crippen molar-refractivity contribution in [3.05, 3.63) is 0 Å². The second kappa shape index (κ2) is 12.9. The summed E-state index contributed by atoms with van der Waals surface area (Å²) < 4.78 is 329. The first kappa shape index (κ1) is 47.4. The second-order valence-corrected chi connectivity index (χ2v) is 10.7. The standard InChI is InChI=1S/C11HF23O3S.C8H20N/c12-1(13,2(14,15)4(18,19)6(22,23)8(26,27)10(30,31)32)3(16,17)5(20,21)7(24,25)9(28,29)11(33,34)38(35,36)37;1-5-9(6-2,7-3)8-4/h(H,35,36,37);5-8H2,1-4H3/q;+1/p-1. The Labute approximate surface area is 248 Å². The third-order valence-electron chi connectivity index (χ3n) is 6.87. The third kappa shape index (κ3) is 6.62. The van der Waals surface area contributed by atoms with Gasteiger partial charge in [0.1, 0.15) is 0 Å². The van der Waals surface area contributed by atoms with Gasteiger partial charge in [0, 0.05) is 0 Å². The summed E-state index contributed by atoms with van der Waals surface area (Å²) in [5, 5.41) is -8.26. The van der Waals surface area contributed by atoms with Crippen molar-refractivity contribution in [2.75, 3.05) is 26.2 Å². The molecule has 0 aromatic carbocycles. The average Bonchev–Trinajstić information content (AvgIpc) is 2.88. The Kier molecular flexibility index (Phi) is 13.0. The molecule has 0 aromatic rings. The maximum absolute atomic E-state index is 13.4. The van der Waals surface area contributed by atoms with Gasteiger partial charge in [-0.05, 0) is 27.7 Å². The van der Waals surface area contributed by atoms with Crippen LogP contribution in [-0.4, -0.2) is 108 Å². The van der Waals surface area contributed by atoms with Crippen molar-refractivity contribution in [2.24, 2.45) is 0 Å². The molecule has 0 bridgehead atoms. The molecule has 0 aromatic heterocycles. The van der Waals surface area contributed by atoms with E-state index >= 15 is 0 Å². The lowest BCUT2D eigenvalue weighted by Gasteiger charge is -2.45. The number of hydrogen-bond acceptors (Lipinski definition) is 3. The molecule has 0 aliphatic heterocycles. The fourth-order valence-electron chi connectivity index (χ4n) is 3.24. The largest absolute Gasteiger partial charge is 0.743 e. The normalized spacial score (nSPS) is 16.2. The molecule has 286 valence electrons. The number of alkyl halides is 23. The highest BCUT2D eigenvalue weighted by Gasteiger charge is 2.99. The minimum absolute atomic E-state index is 1.28. The molecule has 28 heteroatoms. The lowest BCUT2D eigenvalue weighted by Crippen LogP contribution is -2.77. The van der Waals surface area contributed by atoms with Crippen LogP contribution in [0.15, 0.2) is 0 Å². The van der Waals surface area contributed by atoms with Gasteiger partial charge in [-0.3, -0.25) is 0 Å². The molecule has 0 rings (SSSR count). The molecule has 0 saturated heterocycles. The van der Waals surface area contributed by atoms with E-state index in [4.69, 9.17) is 0 Å². The fourth-order valence-corrected chi connectivity index (χ4v) is 3.68. The lowest BCUT2D eigenvalue weighted by atomic mass is 9.86. The molecule has 0 fully saturated rings. The van der Waals surface area contributed by atoms with Crippen LogP contribution in [0.3, 0.4) is 0 Å². The molecule has 0 saturated carbocycles. The second-order valence-electron chi connectivity index (χ2n) is 9.24. The molecular formula is C19H20F23NO3S. The van der Waals surface area contributed by atoms with Crippen LogP contribution < -0.4 is 0 Å². The Morgan fingerprint density at radius 1 is 0.383 bits per heavy atom. The Morgan fingerprint density at radius 2 is 0.553 bits per heavy atom. The minimum atomic E-state index is -9.59. The molecule has 0 atom stereocenters. The van der Waals surface area contributed by atoms with Crippen molar-refractivity contribution in [1.82, 2.24) is 0 Å². The highest BCUT2D eigenvalue weighted by Crippen LogP contribution is 2.67. The fraction of sp³-hybridized carbons (Fsp3) is 1.00. The van der Waals surface area contributed by atoms with Gasteiger partial charge in [0.25, 0.3) is 0 Å². The zero-order valence-electron chi connectivity index (χ0n) is 23.1. The van der Waals surface area contributed by atoms with Crippen molar-refractivity contribution in [2.45, 2.75) is 92.4 Å². The first-order valence-corrected chi connectivity index (χ1v) is 13.1. The topological polar surface area (TPSA) is 57.2 Å². The van der Waals surface area contributed by atoms with Gasteiger partial charge in [0.15, 0.2) is 10.1 Å². The summed E-state index contributed by atoms with van der Waals surface area (Å²) in [5.74, 6) is -83.4. The van der Waals surface area contributed by atoms with Crippen LogP contribution in [0.5, 0.6) is 0 Å². The van der Waals surface area contributed by atoms with Crippen molar-refractivity contribution < 1.29 is 118 Å². The van der Waals surface area contributed by atoms with E-state index in [2.05, 4.69) is 27.7 Å². The predicted molar refractivity (Wildman–Crippen MR) is 108 cm³/mol. The molecule has 0 aliphatic rings. The zero-order valence-corrected chi connectivity index (χ0v) is 23.9. The van der Waals surface area contributed by atoms with E-state index in [0.29, 0.717) is 0 Å². The van der Waals surface area contributed by atoms with E-state index in [-0.39, 0.29) is 0 Å². The molecule has 0 radical (unpaired) electrons. The smallest absolute Gasteiger partial charge is 0.460 e. The minimum Gasteiger partial charge on any atom is -0.743 e. The average molecular weight is 779 g/mol. The van der Waals surface area contributed by atoms with Crippen LogP contribution in [0.25, 0.3) is 0 Å². The summed E-state index contributed by atoms with van der Waals surface area (Å²) in [6.45, 7) is 14.2. The van der Waals surface area contributed by atoms with Gasteiger partial charge in [-0.15, -0.1) is 0 Å². The van der Waals surface area contributed by atoms with Crippen LogP contribution in [0.4, 0.5) is 101 Å². The number of halogens is 23. The molecule has 0 amide bonds. The maximum Gasteiger partial charge on any atom is 0.460 e. The molecule has 0 N–H and O–H groups in total. The summed E-state index contributed by atoms with van der Waals surface area (Å²) in [6.07, 6.45) is -8.16. The van der Waals surface area contributed by atoms with Gasteiger partial charge in [-0.2, -0.15) is 101 Å². The predicted octanol–water partition coefficient (Wildman–Crippen LogP) is 8.29. The van der Waals surface area contributed by atoms with Crippen LogP contribution in [0.2, 0.25) is 0 Å². The Hall–Kier alpha value is -1.74. The van der Waals surface area contributed by atoms with E-state index < -0.39 is 74.9 Å². The van der Waals surface area contributed by atoms with Crippen LogP contribution in [0, 0.1) is 0 Å². The van der Waals surface area contributed by atoms with Crippen LogP contribution >= 0.6 is 0 Å². The Bertz CT molecular complexity index is 1160. The van der Waals surface area contributed by atoms with E-state index in [0.717, 1.165) is 0 Å². The summed E-state index contributed by atoms with van der Waals surface area (Å²) in [4.78, 5) is 0.